The molecule has 1 atom stereocenters. The van der Waals surface area contributed by atoms with Gasteiger partial charge in [-0.2, -0.15) is 5.10 Å². The zero-order valence-electron chi connectivity index (χ0n) is 29.1. The zero-order valence-corrected chi connectivity index (χ0v) is 30.0. The third kappa shape index (κ3) is 10.6. The lowest BCUT2D eigenvalue weighted by Gasteiger charge is -2.29. The number of hydrogen-bond acceptors (Lipinski definition) is 10. The molecular weight excluding hydrogens is 679 g/mol. The molecule has 0 aromatic heterocycles. The van der Waals surface area contributed by atoms with Gasteiger partial charge in [-0.05, 0) is 92.5 Å². The molecule has 12 nitrogen and oxygen atoms in total. The second-order valence-electron chi connectivity index (χ2n) is 12.8. The smallest absolute Gasteiger partial charge is 0.274 e. The van der Waals surface area contributed by atoms with Crippen molar-refractivity contribution in [3.05, 3.63) is 94.5 Å². The highest BCUT2D eigenvalue weighted by Crippen LogP contribution is 2.28. The highest BCUT2D eigenvalue weighted by molar-refractivity contribution is 8.00. The number of imide groups is 1. The fraction of sp³-hybridized carbons (Fsp3) is 0.333. The summed E-state index contributed by atoms with van der Waals surface area (Å²) in [4.78, 5) is 57.6. The van der Waals surface area contributed by atoms with E-state index in [4.69, 9.17) is 11.0 Å². The van der Waals surface area contributed by atoms with Crippen LogP contribution in [0.5, 0.6) is 0 Å². The van der Waals surface area contributed by atoms with Crippen molar-refractivity contribution in [3.63, 3.8) is 0 Å². The molecule has 0 radical (unpaired) electrons. The van der Waals surface area contributed by atoms with E-state index in [2.05, 4.69) is 63.5 Å². The highest BCUT2D eigenvalue weighted by Gasteiger charge is 2.39. The summed E-state index contributed by atoms with van der Waals surface area (Å²) in [6, 6.07) is 20.0. The molecule has 0 aliphatic carbocycles. The van der Waals surface area contributed by atoms with Gasteiger partial charge in [-0.1, -0.05) is 42.9 Å². The normalized spacial score (nSPS) is 15.8. The minimum absolute atomic E-state index is 0.172. The van der Waals surface area contributed by atoms with Gasteiger partial charge in [0.1, 0.15) is 6.04 Å². The first-order valence-electron chi connectivity index (χ1n) is 17.3. The van der Waals surface area contributed by atoms with Gasteiger partial charge in [-0.25, -0.2) is 5.48 Å². The van der Waals surface area contributed by atoms with Crippen LogP contribution >= 0.6 is 11.8 Å². The topological polar surface area (TPSA) is 170 Å². The van der Waals surface area contributed by atoms with E-state index in [-0.39, 0.29) is 18.2 Å². The van der Waals surface area contributed by atoms with Crippen LogP contribution in [0.15, 0.2) is 81.7 Å². The molecule has 1 unspecified atom stereocenters. The predicted octanol–water partition coefficient (Wildman–Crippen LogP) is 4.81. The first-order chi connectivity index (χ1) is 25.2. The van der Waals surface area contributed by atoms with Crippen molar-refractivity contribution in [2.24, 2.45) is 15.9 Å². The molecule has 52 heavy (non-hydrogen) atoms. The van der Waals surface area contributed by atoms with E-state index >= 15 is 0 Å². The van der Waals surface area contributed by atoms with Gasteiger partial charge < -0.3 is 15.6 Å². The monoisotopic (exact) mass is 721 g/mol. The lowest BCUT2D eigenvalue weighted by Crippen LogP contribution is -2.52. The van der Waals surface area contributed by atoms with E-state index in [0.717, 1.165) is 61.2 Å². The Balaban J connectivity index is 0.958. The molecule has 0 saturated carbocycles. The Morgan fingerprint density at radius 1 is 1.10 bits per heavy atom. The molecule has 4 amide bonds. The summed E-state index contributed by atoms with van der Waals surface area (Å²) in [6.45, 7) is 2.23. The number of rotatable bonds is 15. The minimum atomic E-state index is -0.613. The number of carbonyl (C=O) groups excluding carboxylic acids is 4. The lowest BCUT2D eigenvalue weighted by molar-refractivity contribution is -0.136. The first-order valence-corrected chi connectivity index (χ1v) is 18.2. The average molecular weight is 722 g/mol. The van der Waals surface area contributed by atoms with Crippen molar-refractivity contribution in [1.82, 2.24) is 20.6 Å². The van der Waals surface area contributed by atoms with Crippen molar-refractivity contribution < 1.29 is 24.4 Å². The van der Waals surface area contributed by atoms with Crippen LogP contribution < -0.4 is 16.6 Å². The number of hydrazone groups is 1. The molecule has 0 bridgehead atoms. The second kappa shape index (κ2) is 18.8. The maximum absolute atomic E-state index is 12.9. The van der Waals surface area contributed by atoms with Crippen LogP contribution in [0.25, 0.3) is 0 Å². The number of thioether (sulfide) groups is 1. The number of nitrogens with two attached hydrogens (primary N) is 1. The van der Waals surface area contributed by atoms with Crippen LogP contribution in [-0.2, 0) is 22.7 Å². The molecule has 13 heteroatoms. The number of fused-ring (bicyclic) bond motifs is 1. The van der Waals surface area contributed by atoms with Gasteiger partial charge in [0.15, 0.2) is 0 Å². The average Bonchev–Trinajstić information content (AvgIpc) is 3.47. The summed E-state index contributed by atoms with van der Waals surface area (Å²) in [5.41, 5.74) is 6.61. The molecule has 1 saturated heterocycles. The lowest BCUT2D eigenvalue weighted by atomic mass is 10.0. The van der Waals surface area contributed by atoms with Gasteiger partial charge >= 0.3 is 0 Å². The molecular formula is C39H43N7O5S. The number of carbonyl (C=O) groups is 4. The van der Waals surface area contributed by atoms with E-state index in [1.54, 1.807) is 58.7 Å². The first kappa shape index (κ1) is 38.0. The van der Waals surface area contributed by atoms with Gasteiger partial charge in [-0.3, -0.25) is 34.7 Å². The third-order valence-corrected chi connectivity index (χ3v) is 9.89. The second-order valence-corrected chi connectivity index (χ2v) is 13.8. The summed E-state index contributed by atoms with van der Waals surface area (Å²) in [5, 5.41) is 15.0. The summed E-state index contributed by atoms with van der Waals surface area (Å²) >= 11 is 1.60. The Morgan fingerprint density at radius 3 is 2.67 bits per heavy atom. The Morgan fingerprint density at radius 2 is 1.90 bits per heavy atom. The summed E-state index contributed by atoms with van der Waals surface area (Å²) in [5.74, 6) is 11.1. The number of benzene rings is 3. The van der Waals surface area contributed by atoms with E-state index in [1.807, 2.05) is 12.1 Å². The molecule has 3 aromatic rings. The van der Waals surface area contributed by atoms with Gasteiger partial charge in [0, 0.05) is 53.3 Å². The zero-order chi connectivity index (χ0) is 36.9. The van der Waals surface area contributed by atoms with Gasteiger partial charge in [0.2, 0.25) is 11.8 Å². The predicted molar refractivity (Wildman–Crippen MR) is 201 cm³/mol. The Kier molecular flexibility index (Phi) is 13.7. The van der Waals surface area contributed by atoms with Crippen LogP contribution in [0.4, 0.5) is 5.69 Å². The summed E-state index contributed by atoms with van der Waals surface area (Å²) < 4.78 is 0. The van der Waals surface area contributed by atoms with E-state index in [1.165, 1.54) is 5.56 Å². The fourth-order valence-corrected chi connectivity index (χ4v) is 6.85. The van der Waals surface area contributed by atoms with Gasteiger partial charge in [0.05, 0.1) is 17.6 Å². The largest absolute Gasteiger partial charge is 0.323 e. The SMILES string of the molecule is CN(CCCCCCC#Cc1ccc2c(c1)CN(C1CCC(=O)NC1=O)C2=O)Cc1ccc(SC/C(C=Nc2cccc(C(=O)NO)c2)=N/N)cc1. The van der Waals surface area contributed by atoms with Crippen molar-refractivity contribution >= 4 is 53.0 Å². The molecule has 2 heterocycles. The number of nitrogens with zero attached hydrogens (tertiary/aromatic N) is 4. The van der Waals surface area contributed by atoms with Gasteiger partial charge in [0.25, 0.3) is 11.8 Å². The highest BCUT2D eigenvalue weighted by atomic mass is 32.2. The molecule has 1 fully saturated rings. The summed E-state index contributed by atoms with van der Waals surface area (Å²) in [6.07, 6.45) is 7.36. The molecule has 2 aliphatic rings. The third-order valence-electron chi connectivity index (χ3n) is 8.85. The molecule has 3 aromatic carbocycles. The maximum Gasteiger partial charge on any atom is 0.274 e. The Hall–Kier alpha value is -5.29. The van der Waals surface area contributed by atoms with E-state index in [0.29, 0.717) is 41.2 Å². The number of piperidine rings is 1. The number of hydroxylamine groups is 1. The molecule has 2 aliphatic heterocycles. The Bertz CT molecular complexity index is 1900. The number of aliphatic imine (C=N–C) groups is 1. The van der Waals surface area contributed by atoms with Crippen molar-refractivity contribution in [2.45, 2.75) is 69.0 Å². The molecule has 0 spiro atoms. The quantitative estimate of drug-likeness (QED) is 0.0253. The Labute approximate surface area is 307 Å². The van der Waals surface area contributed by atoms with Gasteiger partial charge in [-0.15, -0.1) is 11.8 Å². The van der Waals surface area contributed by atoms with Crippen LogP contribution in [0.2, 0.25) is 0 Å². The number of unbranched alkanes of at least 4 members (excludes halogenated alkanes) is 4. The molecule has 270 valence electrons. The fourth-order valence-electron chi connectivity index (χ4n) is 6.05. The number of amides is 4. The maximum atomic E-state index is 12.9. The molecule has 5 N–H and O–H groups in total. The van der Waals surface area contributed by atoms with Crippen LogP contribution in [0.3, 0.4) is 0 Å². The van der Waals surface area contributed by atoms with Crippen molar-refractivity contribution in [2.75, 3.05) is 19.3 Å². The standard InChI is InChI=1S/C39H43N7O5S/c1-45(24-28-12-15-33(16-13-28)52-26-32(43-40)23-41-31-11-8-10-29(22-31)37(48)44-51)20-7-5-3-2-4-6-9-27-14-17-34-30(21-27)25-46(39(34)50)35-18-19-36(47)42-38(35)49/h8,10-17,21-23,35,51H,2-5,7,18-20,24-26,40H2,1H3,(H,44,48)(H,42,47,49)/b41-23?,43-32+. The van der Waals surface area contributed by atoms with Crippen LogP contribution in [-0.4, -0.2) is 75.9 Å². The number of hydrogen-bond donors (Lipinski definition) is 4. The van der Waals surface area contributed by atoms with Crippen molar-refractivity contribution in [1.29, 1.82) is 0 Å². The number of nitrogens with one attached hydrogen (secondary N) is 2. The van der Waals surface area contributed by atoms with E-state index in [9.17, 15) is 19.2 Å². The molecule has 5 rings (SSSR count). The van der Waals surface area contributed by atoms with Crippen LogP contribution in [0.1, 0.15) is 82.4 Å². The van der Waals surface area contributed by atoms with E-state index < -0.39 is 17.9 Å². The van der Waals surface area contributed by atoms with Crippen LogP contribution in [0, 0.1) is 11.8 Å². The minimum Gasteiger partial charge on any atom is -0.323 e. The summed E-state index contributed by atoms with van der Waals surface area (Å²) in [7, 11) is 2.14. The van der Waals surface area contributed by atoms with Crippen molar-refractivity contribution in [3.8, 4) is 11.8 Å².